The van der Waals surface area contributed by atoms with E-state index in [0.29, 0.717) is 0 Å². The van der Waals surface area contributed by atoms with Crippen LogP contribution >= 0.6 is 15.9 Å². The standard InChI is InChI=1S/C13H8BrF2NO2/c14-11-9(15)6-7-10(17-11)13(16,12(18)19)8-4-2-1-3-5-8/h1-7H,(H,18,19). The third kappa shape index (κ3) is 2.35. The summed E-state index contributed by atoms with van der Waals surface area (Å²) in [5.41, 5.74) is -3.29. The van der Waals surface area contributed by atoms with Gasteiger partial charge in [0.2, 0.25) is 0 Å². The molecule has 2 aromatic rings. The minimum Gasteiger partial charge on any atom is -0.478 e. The minimum atomic E-state index is -2.82. The Morgan fingerprint density at radius 1 is 1.21 bits per heavy atom. The molecule has 1 atom stereocenters. The molecule has 1 aromatic heterocycles. The Bertz CT molecular complexity index is 621. The number of rotatable bonds is 3. The molecule has 0 aliphatic rings. The maximum Gasteiger partial charge on any atom is 0.352 e. The van der Waals surface area contributed by atoms with E-state index in [0.717, 1.165) is 12.1 Å². The van der Waals surface area contributed by atoms with Crippen LogP contribution in [0.25, 0.3) is 0 Å². The Morgan fingerprint density at radius 3 is 2.37 bits per heavy atom. The van der Waals surface area contributed by atoms with Gasteiger partial charge in [-0.2, -0.15) is 0 Å². The lowest BCUT2D eigenvalue weighted by molar-refractivity contribution is -0.148. The zero-order valence-corrected chi connectivity index (χ0v) is 11.1. The predicted octanol–water partition coefficient (Wildman–Crippen LogP) is 3.28. The van der Waals surface area contributed by atoms with Gasteiger partial charge in [0.1, 0.15) is 4.60 Å². The molecular formula is C13H8BrF2NO2. The van der Waals surface area contributed by atoms with Crippen LogP contribution in [-0.4, -0.2) is 16.1 Å². The molecule has 1 aromatic carbocycles. The van der Waals surface area contributed by atoms with Gasteiger partial charge in [-0.05, 0) is 28.1 Å². The Kier molecular flexibility index (Phi) is 3.61. The van der Waals surface area contributed by atoms with Crippen molar-refractivity contribution in [3.8, 4) is 0 Å². The zero-order chi connectivity index (χ0) is 14.0. The highest BCUT2D eigenvalue weighted by molar-refractivity contribution is 9.10. The van der Waals surface area contributed by atoms with Crippen LogP contribution in [0.2, 0.25) is 0 Å². The van der Waals surface area contributed by atoms with Gasteiger partial charge in [-0.3, -0.25) is 0 Å². The quantitative estimate of drug-likeness (QED) is 0.880. The molecule has 6 heteroatoms. The second-order valence-electron chi connectivity index (χ2n) is 3.80. The number of halogens is 3. The van der Waals surface area contributed by atoms with E-state index >= 15 is 0 Å². The van der Waals surface area contributed by atoms with Crippen molar-refractivity contribution in [2.45, 2.75) is 5.67 Å². The molecule has 1 heterocycles. The van der Waals surface area contributed by atoms with Crippen LogP contribution in [0.1, 0.15) is 11.3 Å². The fourth-order valence-electron chi connectivity index (χ4n) is 1.66. The average molecular weight is 328 g/mol. The van der Waals surface area contributed by atoms with Crippen molar-refractivity contribution in [3.05, 3.63) is 64.1 Å². The lowest BCUT2D eigenvalue weighted by Gasteiger charge is -2.20. The largest absolute Gasteiger partial charge is 0.478 e. The highest BCUT2D eigenvalue weighted by atomic mass is 79.9. The molecule has 0 bridgehead atoms. The Balaban J connectivity index is 2.63. The number of alkyl halides is 1. The van der Waals surface area contributed by atoms with E-state index in [1.807, 2.05) is 0 Å². The lowest BCUT2D eigenvalue weighted by Crippen LogP contribution is -2.33. The van der Waals surface area contributed by atoms with Crippen molar-refractivity contribution < 1.29 is 18.7 Å². The van der Waals surface area contributed by atoms with Gasteiger partial charge in [0, 0.05) is 5.56 Å². The maximum atomic E-state index is 14.9. The molecule has 19 heavy (non-hydrogen) atoms. The molecule has 0 fully saturated rings. The number of hydrogen-bond donors (Lipinski definition) is 1. The maximum absolute atomic E-state index is 14.9. The van der Waals surface area contributed by atoms with Gasteiger partial charge in [0.05, 0.1) is 5.69 Å². The van der Waals surface area contributed by atoms with Gasteiger partial charge >= 0.3 is 5.97 Å². The monoisotopic (exact) mass is 327 g/mol. The molecule has 98 valence electrons. The summed E-state index contributed by atoms with van der Waals surface area (Å²) < 4.78 is 27.8. The van der Waals surface area contributed by atoms with E-state index in [1.165, 1.54) is 24.3 Å². The number of benzene rings is 1. The number of nitrogens with zero attached hydrogens (tertiary/aromatic N) is 1. The van der Waals surface area contributed by atoms with E-state index in [2.05, 4.69) is 20.9 Å². The fourth-order valence-corrected chi connectivity index (χ4v) is 1.98. The van der Waals surface area contributed by atoms with Crippen molar-refractivity contribution in [1.82, 2.24) is 4.98 Å². The van der Waals surface area contributed by atoms with Gasteiger partial charge < -0.3 is 5.11 Å². The van der Waals surface area contributed by atoms with E-state index < -0.39 is 17.5 Å². The number of carbonyl (C=O) groups is 1. The van der Waals surface area contributed by atoms with Crippen molar-refractivity contribution in [1.29, 1.82) is 0 Å². The number of hydrogen-bond acceptors (Lipinski definition) is 2. The van der Waals surface area contributed by atoms with Crippen LogP contribution in [0.15, 0.2) is 47.1 Å². The van der Waals surface area contributed by atoms with Crippen molar-refractivity contribution in [2.24, 2.45) is 0 Å². The second-order valence-corrected chi connectivity index (χ2v) is 4.55. The second kappa shape index (κ2) is 5.05. The topological polar surface area (TPSA) is 50.2 Å². The third-order valence-corrected chi connectivity index (χ3v) is 3.18. The Hall–Kier alpha value is -1.82. The highest BCUT2D eigenvalue weighted by Gasteiger charge is 2.44. The molecule has 0 radical (unpaired) electrons. The molecule has 0 aliphatic heterocycles. The van der Waals surface area contributed by atoms with Gasteiger partial charge in [-0.15, -0.1) is 0 Å². The first kappa shape index (κ1) is 13.6. The molecule has 0 spiro atoms. The number of pyridine rings is 1. The highest BCUT2D eigenvalue weighted by Crippen LogP contribution is 2.34. The molecule has 2 rings (SSSR count). The van der Waals surface area contributed by atoms with E-state index in [-0.39, 0.29) is 15.9 Å². The average Bonchev–Trinajstić information content (AvgIpc) is 2.41. The smallest absolute Gasteiger partial charge is 0.352 e. The summed E-state index contributed by atoms with van der Waals surface area (Å²) in [6, 6.07) is 9.34. The minimum absolute atomic E-state index is 0.0755. The lowest BCUT2D eigenvalue weighted by atomic mass is 9.92. The summed E-state index contributed by atoms with van der Waals surface area (Å²) in [7, 11) is 0. The summed E-state index contributed by atoms with van der Waals surface area (Å²) in [4.78, 5) is 14.9. The number of carboxylic acid groups (broad SMARTS) is 1. The zero-order valence-electron chi connectivity index (χ0n) is 9.48. The number of aliphatic carboxylic acids is 1. The Morgan fingerprint density at radius 2 is 1.84 bits per heavy atom. The molecule has 1 N–H and O–H groups in total. The molecule has 3 nitrogen and oxygen atoms in total. The van der Waals surface area contributed by atoms with Crippen LogP contribution in [0.3, 0.4) is 0 Å². The first-order valence-corrected chi connectivity index (χ1v) is 6.06. The SMILES string of the molecule is O=C(O)C(F)(c1ccccc1)c1ccc(F)c(Br)n1. The van der Waals surface area contributed by atoms with Crippen molar-refractivity contribution >= 4 is 21.9 Å². The van der Waals surface area contributed by atoms with Crippen LogP contribution in [-0.2, 0) is 10.5 Å². The van der Waals surface area contributed by atoms with E-state index in [4.69, 9.17) is 0 Å². The van der Waals surface area contributed by atoms with E-state index in [1.54, 1.807) is 6.07 Å². The third-order valence-electron chi connectivity index (χ3n) is 2.62. The number of aromatic nitrogens is 1. The normalized spacial score (nSPS) is 13.8. The van der Waals surface area contributed by atoms with Crippen LogP contribution < -0.4 is 0 Å². The van der Waals surface area contributed by atoms with Gasteiger partial charge in [0.25, 0.3) is 5.67 Å². The van der Waals surface area contributed by atoms with E-state index in [9.17, 15) is 18.7 Å². The fraction of sp³-hybridized carbons (Fsp3) is 0.0769. The van der Waals surface area contributed by atoms with Crippen LogP contribution in [0.5, 0.6) is 0 Å². The summed E-state index contributed by atoms with van der Waals surface area (Å²) in [6.45, 7) is 0. The first-order chi connectivity index (χ1) is 8.96. The van der Waals surface area contributed by atoms with Crippen molar-refractivity contribution in [2.75, 3.05) is 0 Å². The Labute approximate surface area is 116 Å². The van der Waals surface area contributed by atoms with Gasteiger partial charge in [-0.25, -0.2) is 18.6 Å². The molecular weight excluding hydrogens is 320 g/mol. The molecule has 1 unspecified atom stereocenters. The molecule has 0 saturated heterocycles. The molecule has 0 aliphatic carbocycles. The summed E-state index contributed by atoms with van der Waals surface area (Å²) in [5.74, 6) is -2.39. The predicted molar refractivity (Wildman–Crippen MR) is 67.9 cm³/mol. The summed E-state index contributed by atoms with van der Waals surface area (Å²) >= 11 is 2.81. The number of carboxylic acids is 1. The molecule has 0 saturated carbocycles. The van der Waals surface area contributed by atoms with Gasteiger partial charge in [0.15, 0.2) is 5.82 Å². The van der Waals surface area contributed by atoms with Crippen LogP contribution in [0, 0.1) is 5.82 Å². The summed E-state index contributed by atoms with van der Waals surface area (Å²) in [5, 5.41) is 9.18. The van der Waals surface area contributed by atoms with Crippen LogP contribution in [0.4, 0.5) is 8.78 Å². The van der Waals surface area contributed by atoms with Crippen molar-refractivity contribution in [3.63, 3.8) is 0 Å². The summed E-state index contributed by atoms with van der Waals surface area (Å²) in [6.07, 6.45) is 0. The van der Waals surface area contributed by atoms with Gasteiger partial charge in [-0.1, -0.05) is 30.3 Å². The first-order valence-electron chi connectivity index (χ1n) is 5.26. The molecule has 0 amide bonds.